The van der Waals surface area contributed by atoms with E-state index in [1.54, 1.807) is 14.2 Å². The molecule has 10 rings (SSSR count). The van der Waals surface area contributed by atoms with Crippen molar-refractivity contribution in [3.05, 3.63) is 251 Å². The van der Waals surface area contributed by atoms with Crippen LogP contribution in [0.15, 0.2) is 206 Å². The Morgan fingerprint density at radius 2 is 0.667 bits per heavy atom. The van der Waals surface area contributed by atoms with E-state index in [0.717, 1.165) is 44.5 Å². The third-order valence-corrected chi connectivity index (χ3v) is 15.3. The first-order chi connectivity index (χ1) is 34.8. The first kappa shape index (κ1) is 48.7. The topological polar surface area (TPSA) is 73.8 Å². The first-order valence-electron chi connectivity index (χ1n) is 24.1. The molecular formula is C62H58O8P2. The summed E-state index contributed by atoms with van der Waals surface area (Å²) in [6.45, 7) is 12.9. The van der Waals surface area contributed by atoms with Gasteiger partial charge in [-0.3, -0.25) is 9.05 Å². The zero-order valence-corrected chi connectivity index (χ0v) is 43.6. The lowest BCUT2D eigenvalue weighted by molar-refractivity contribution is 0.00370. The molecule has 10 heteroatoms. The Morgan fingerprint density at radius 3 is 0.958 bits per heavy atom. The Balaban J connectivity index is 1.19. The van der Waals surface area contributed by atoms with Gasteiger partial charge in [0.1, 0.15) is 23.0 Å². The lowest BCUT2D eigenvalue weighted by Gasteiger charge is -2.43. The standard InChI is InChI=1S/C62H58O8P2/c1-59(2,3)53-41-49(63-7)39-51(57(53)67-71-65-55(43-27-15-9-16-28-43)56(66-71)44-29-17-10-18-30-44)52-40-50(64-8)42-54(60(4,5)6)58(52)68-72-69-61(45-31-19-11-20-32-45,46-33-21-12-22-34-46)62(70-72,47-35-23-13-24-36-47)48-37-25-14-26-38-48/h9-42H,1-8H3. The highest BCUT2D eigenvalue weighted by molar-refractivity contribution is 7.43. The number of rotatable bonds is 13. The summed E-state index contributed by atoms with van der Waals surface area (Å²) in [6.07, 6.45) is 0. The van der Waals surface area contributed by atoms with E-state index < -0.39 is 39.2 Å². The van der Waals surface area contributed by atoms with Crippen LogP contribution in [0.4, 0.5) is 0 Å². The highest BCUT2D eigenvalue weighted by atomic mass is 31.2. The van der Waals surface area contributed by atoms with Gasteiger partial charge in [-0.25, -0.2) is 0 Å². The summed E-state index contributed by atoms with van der Waals surface area (Å²) in [7, 11) is -0.972. The van der Waals surface area contributed by atoms with Gasteiger partial charge in [0, 0.05) is 33.4 Å². The third-order valence-electron chi connectivity index (χ3n) is 13.1. The molecule has 8 nitrogen and oxygen atoms in total. The van der Waals surface area contributed by atoms with Crippen molar-refractivity contribution in [2.75, 3.05) is 14.2 Å². The molecule has 0 saturated carbocycles. The van der Waals surface area contributed by atoms with E-state index in [4.69, 9.17) is 36.6 Å². The summed E-state index contributed by atoms with van der Waals surface area (Å²) >= 11 is 0. The van der Waals surface area contributed by atoms with Crippen LogP contribution in [-0.2, 0) is 40.1 Å². The monoisotopic (exact) mass is 992 g/mol. The Hall–Kier alpha value is -6.92. The van der Waals surface area contributed by atoms with Crippen LogP contribution < -0.4 is 18.5 Å². The zero-order valence-electron chi connectivity index (χ0n) is 41.8. The summed E-state index contributed by atoms with van der Waals surface area (Å²) in [6, 6.07) is 69.3. The third kappa shape index (κ3) is 9.03. The zero-order chi connectivity index (χ0) is 50.1. The van der Waals surface area contributed by atoms with E-state index >= 15 is 0 Å². The normalized spacial score (nSPS) is 15.7. The van der Waals surface area contributed by atoms with E-state index in [2.05, 4.69) is 90.1 Å². The highest BCUT2D eigenvalue weighted by Gasteiger charge is 2.67. The van der Waals surface area contributed by atoms with Crippen LogP contribution in [0.25, 0.3) is 22.6 Å². The molecule has 2 aliphatic heterocycles. The molecule has 0 N–H and O–H groups in total. The van der Waals surface area contributed by atoms with E-state index in [0.29, 0.717) is 45.6 Å². The van der Waals surface area contributed by atoms with Crippen molar-refractivity contribution in [2.45, 2.75) is 63.6 Å². The van der Waals surface area contributed by atoms with Crippen LogP contribution >= 0.6 is 17.2 Å². The highest BCUT2D eigenvalue weighted by Crippen LogP contribution is 2.71. The maximum Gasteiger partial charge on any atom is 0.530 e. The van der Waals surface area contributed by atoms with Gasteiger partial charge in [-0.1, -0.05) is 224 Å². The molecular weight excluding hydrogens is 935 g/mol. The van der Waals surface area contributed by atoms with E-state index in [-0.39, 0.29) is 0 Å². The minimum Gasteiger partial charge on any atom is -0.497 e. The summed E-state index contributed by atoms with van der Waals surface area (Å²) in [5.41, 5.74) is 4.94. The van der Waals surface area contributed by atoms with Gasteiger partial charge in [0.05, 0.1) is 14.2 Å². The van der Waals surface area contributed by atoms with Gasteiger partial charge in [0.2, 0.25) is 0 Å². The van der Waals surface area contributed by atoms with E-state index in [1.807, 2.05) is 158 Å². The number of hydrogen-bond donors (Lipinski definition) is 0. The SMILES string of the molecule is COc1cc(-c2cc(OC)cc(C(C)(C)C)c2OP2OC(c3ccccc3)(c3ccccc3)C(c3ccccc3)(c3ccccc3)O2)c(OP2OC(c3ccccc3)=C(c3ccccc3)O2)c(C(C)(C)C)c1. The Morgan fingerprint density at radius 1 is 0.375 bits per heavy atom. The number of benzene rings is 8. The summed E-state index contributed by atoms with van der Waals surface area (Å²) in [5.74, 6) is 3.52. The van der Waals surface area contributed by atoms with Crippen molar-refractivity contribution in [3.8, 4) is 34.1 Å². The van der Waals surface area contributed by atoms with Gasteiger partial charge in [0.15, 0.2) is 22.7 Å². The Kier molecular flexibility index (Phi) is 13.5. The minimum atomic E-state index is -2.27. The second-order valence-corrected chi connectivity index (χ2v) is 21.8. The lowest BCUT2D eigenvalue weighted by atomic mass is 9.66. The van der Waals surface area contributed by atoms with Crippen molar-refractivity contribution in [2.24, 2.45) is 0 Å². The predicted molar refractivity (Wildman–Crippen MR) is 289 cm³/mol. The largest absolute Gasteiger partial charge is 0.530 e. The molecule has 0 radical (unpaired) electrons. The second kappa shape index (κ2) is 19.9. The van der Waals surface area contributed by atoms with Crippen LogP contribution in [-0.4, -0.2) is 14.2 Å². The summed E-state index contributed by atoms with van der Waals surface area (Å²) in [5, 5.41) is 0. The van der Waals surface area contributed by atoms with Crippen LogP contribution in [0.2, 0.25) is 0 Å². The lowest BCUT2D eigenvalue weighted by Crippen LogP contribution is -2.48. The molecule has 0 amide bonds. The first-order valence-corrected chi connectivity index (χ1v) is 26.3. The van der Waals surface area contributed by atoms with Crippen molar-refractivity contribution in [1.29, 1.82) is 0 Å². The van der Waals surface area contributed by atoms with Gasteiger partial charge in [0.25, 0.3) is 0 Å². The fraction of sp³-hybridized carbons (Fsp3) is 0.194. The van der Waals surface area contributed by atoms with E-state index in [9.17, 15) is 0 Å². The molecule has 0 spiro atoms. The minimum absolute atomic E-state index is 0.462. The molecule has 72 heavy (non-hydrogen) atoms. The van der Waals surface area contributed by atoms with Gasteiger partial charge >= 0.3 is 17.2 Å². The Labute approximate surface area is 426 Å². The quantitative estimate of drug-likeness (QED) is 0.106. The number of hydrogen-bond acceptors (Lipinski definition) is 8. The van der Waals surface area contributed by atoms with Crippen LogP contribution in [0.3, 0.4) is 0 Å². The number of methoxy groups -OCH3 is 2. The average Bonchev–Trinajstić information content (AvgIpc) is 4.00. The number of ether oxygens (including phenoxy) is 2. The fourth-order valence-corrected chi connectivity index (χ4v) is 12.3. The molecule has 0 bridgehead atoms. The van der Waals surface area contributed by atoms with Crippen LogP contribution in [0.1, 0.15) is 86.1 Å². The maximum atomic E-state index is 7.72. The predicted octanol–water partition coefficient (Wildman–Crippen LogP) is 16.7. The van der Waals surface area contributed by atoms with Crippen molar-refractivity contribution < 1.29 is 36.6 Å². The molecule has 1 saturated heterocycles. The van der Waals surface area contributed by atoms with Gasteiger partial charge in [-0.2, -0.15) is 0 Å². The average molecular weight is 993 g/mol. The van der Waals surface area contributed by atoms with Crippen LogP contribution in [0.5, 0.6) is 23.0 Å². The van der Waals surface area contributed by atoms with Crippen molar-refractivity contribution >= 4 is 28.7 Å². The maximum absolute atomic E-state index is 7.72. The Bertz CT molecular complexity index is 2950. The smallest absolute Gasteiger partial charge is 0.497 e. The van der Waals surface area contributed by atoms with Gasteiger partial charge < -0.3 is 27.6 Å². The summed E-state index contributed by atoms with van der Waals surface area (Å²) in [4.78, 5) is 0. The molecule has 8 aromatic rings. The van der Waals surface area contributed by atoms with Gasteiger partial charge in [-0.05, 0) is 57.3 Å². The molecule has 2 aliphatic rings. The molecule has 0 aliphatic carbocycles. The van der Waals surface area contributed by atoms with Crippen molar-refractivity contribution in [1.82, 2.24) is 0 Å². The second-order valence-electron chi connectivity index (χ2n) is 19.8. The van der Waals surface area contributed by atoms with Crippen molar-refractivity contribution in [3.63, 3.8) is 0 Å². The summed E-state index contributed by atoms with van der Waals surface area (Å²) < 4.78 is 56.1. The molecule has 8 aromatic carbocycles. The molecule has 364 valence electrons. The molecule has 2 heterocycles. The molecule has 0 aromatic heterocycles. The molecule has 0 unspecified atom stereocenters. The van der Waals surface area contributed by atoms with E-state index in [1.165, 1.54) is 0 Å². The molecule has 1 fully saturated rings. The van der Waals surface area contributed by atoms with Gasteiger partial charge in [-0.15, -0.1) is 0 Å². The molecule has 0 atom stereocenters. The van der Waals surface area contributed by atoms with Crippen LogP contribution in [0, 0.1) is 0 Å². The fourth-order valence-electron chi connectivity index (χ4n) is 9.59.